The number of nitrogens with zero attached hydrogens (tertiary/aromatic N) is 2. The molecule has 0 bridgehead atoms. The number of nitrogens with one attached hydrogen (secondary N) is 1. The van der Waals surface area contributed by atoms with Gasteiger partial charge >= 0.3 is 0 Å². The van der Waals surface area contributed by atoms with E-state index < -0.39 is 0 Å². The van der Waals surface area contributed by atoms with Crippen molar-refractivity contribution in [3.8, 4) is 0 Å². The summed E-state index contributed by atoms with van der Waals surface area (Å²) in [5, 5.41) is 3.24. The lowest BCUT2D eigenvalue weighted by atomic mass is 10.1. The Morgan fingerprint density at radius 3 is 2.14 bits per heavy atom. The van der Waals surface area contributed by atoms with Gasteiger partial charge in [0.15, 0.2) is 0 Å². The fourth-order valence-electron chi connectivity index (χ4n) is 2.21. The van der Waals surface area contributed by atoms with Crippen LogP contribution in [0.25, 0.3) is 0 Å². The van der Waals surface area contributed by atoms with E-state index in [1.807, 2.05) is 17.0 Å². The molecule has 0 fully saturated rings. The molecule has 0 saturated carbocycles. The van der Waals surface area contributed by atoms with E-state index in [1.165, 1.54) is 0 Å². The maximum atomic E-state index is 12.7. The van der Waals surface area contributed by atoms with Crippen LogP contribution in [0.2, 0.25) is 0 Å². The molecule has 0 aliphatic heterocycles. The minimum absolute atomic E-state index is 0.0183. The maximum absolute atomic E-state index is 12.7. The number of pyridine rings is 1. The predicted molar refractivity (Wildman–Crippen MR) is 88.6 cm³/mol. The molecule has 1 rings (SSSR count). The Morgan fingerprint density at radius 2 is 1.67 bits per heavy atom. The van der Waals surface area contributed by atoms with Gasteiger partial charge in [0.25, 0.3) is 5.91 Å². The zero-order valence-corrected chi connectivity index (χ0v) is 14.2. The van der Waals surface area contributed by atoms with Crippen LogP contribution in [-0.2, 0) is 0 Å². The summed E-state index contributed by atoms with van der Waals surface area (Å²) < 4.78 is 0. The van der Waals surface area contributed by atoms with Crippen molar-refractivity contribution in [2.75, 3.05) is 18.4 Å². The van der Waals surface area contributed by atoms with Crippen molar-refractivity contribution < 1.29 is 4.79 Å². The Bertz CT molecular complexity index is 445. The van der Waals surface area contributed by atoms with E-state index in [2.05, 4.69) is 51.8 Å². The van der Waals surface area contributed by atoms with Gasteiger partial charge in [-0.05, 0) is 37.8 Å². The summed E-state index contributed by atoms with van der Waals surface area (Å²) in [5.41, 5.74) is 0.516. The number of hydrogen-bond donors (Lipinski definition) is 1. The van der Waals surface area contributed by atoms with Gasteiger partial charge in [0, 0.05) is 19.1 Å². The lowest BCUT2D eigenvalue weighted by molar-refractivity contribution is 0.0709. The minimum atomic E-state index is 0.0183. The average molecular weight is 291 g/mol. The third-order valence-corrected chi connectivity index (χ3v) is 2.86. The Morgan fingerprint density at radius 1 is 1.10 bits per heavy atom. The second-order valence-corrected chi connectivity index (χ2v) is 6.70. The smallest absolute Gasteiger partial charge is 0.272 e. The molecule has 0 aliphatic rings. The van der Waals surface area contributed by atoms with E-state index in [4.69, 9.17) is 0 Å². The number of carbonyl (C=O) groups is 1. The summed E-state index contributed by atoms with van der Waals surface area (Å²) in [4.78, 5) is 19.0. The van der Waals surface area contributed by atoms with E-state index in [0.29, 0.717) is 23.6 Å². The first-order valence-electron chi connectivity index (χ1n) is 7.82. The molecule has 1 N–H and O–H groups in total. The van der Waals surface area contributed by atoms with Crippen LogP contribution in [0.15, 0.2) is 18.2 Å². The zero-order chi connectivity index (χ0) is 16.0. The summed E-state index contributed by atoms with van der Waals surface area (Å²) in [7, 11) is 0. The fraction of sp³-hybridized carbons (Fsp3) is 0.647. The number of hydrogen-bond acceptors (Lipinski definition) is 3. The van der Waals surface area contributed by atoms with Crippen LogP contribution >= 0.6 is 0 Å². The van der Waals surface area contributed by atoms with Crippen LogP contribution < -0.4 is 5.32 Å². The summed E-state index contributed by atoms with van der Waals surface area (Å²) in [6.07, 6.45) is 0. The number of anilines is 1. The molecule has 0 saturated heterocycles. The van der Waals surface area contributed by atoms with Crippen LogP contribution in [0.3, 0.4) is 0 Å². The fourth-order valence-corrected chi connectivity index (χ4v) is 2.21. The van der Waals surface area contributed by atoms with E-state index in [-0.39, 0.29) is 5.91 Å². The molecule has 1 aromatic rings. The summed E-state index contributed by atoms with van der Waals surface area (Å²) in [6.45, 7) is 14.2. The standard InChI is InChI=1S/C17H29N3O/c1-12(2)10-20(11-13(3)4)17(21)15-8-7-9-16(19-15)18-14(5)6/h7-9,12-14H,10-11H2,1-6H3,(H,18,19). The van der Waals surface area contributed by atoms with Gasteiger partial charge in [-0.25, -0.2) is 4.98 Å². The second-order valence-electron chi connectivity index (χ2n) is 6.70. The third-order valence-electron chi connectivity index (χ3n) is 2.86. The monoisotopic (exact) mass is 291 g/mol. The molecule has 0 radical (unpaired) electrons. The molecule has 0 atom stereocenters. The lowest BCUT2D eigenvalue weighted by Crippen LogP contribution is -2.37. The van der Waals surface area contributed by atoms with Gasteiger partial charge in [-0.15, -0.1) is 0 Å². The minimum Gasteiger partial charge on any atom is -0.368 e. The SMILES string of the molecule is CC(C)CN(CC(C)C)C(=O)c1cccc(NC(C)C)n1. The Labute approximate surface area is 129 Å². The highest BCUT2D eigenvalue weighted by Gasteiger charge is 2.19. The zero-order valence-electron chi connectivity index (χ0n) is 14.2. The van der Waals surface area contributed by atoms with Crippen molar-refractivity contribution in [3.63, 3.8) is 0 Å². The highest BCUT2D eigenvalue weighted by atomic mass is 16.2. The second kappa shape index (κ2) is 8.01. The number of carbonyl (C=O) groups excluding carboxylic acids is 1. The van der Waals surface area contributed by atoms with Crippen molar-refractivity contribution in [2.45, 2.75) is 47.6 Å². The molecule has 4 heteroatoms. The van der Waals surface area contributed by atoms with Gasteiger partial charge in [0.05, 0.1) is 0 Å². The molecule has 0 aliphatic carbocycles. The molecule has 0 unspecified atom stereocenters. The highest BCUT2D eigenvalue weighted by molar-refractivity contribution is 5.92. The molecule has 1 aromatic heterocycles. The number of amides is 1. The summed E-state index contributed by atoms with van der Waals surface area (Å²) in [6, 6.07) is 5.87. The predicted octanol–water partition coefficient (Wildman–Crippen LogP) is 3.66. The maximum Gasteiger partial charge on any atom is 0.272 e. The van der Waals surface area contributed by atoms with Gasteiger partial charge in [-0.1, -0.05) is 33.8 Å². The number of aromatic nitrogens is 1. The molecular formula is C17H29N3O. The van der Waals surface area contributed by atoms with E-state index in [1.54, 1.807) is 6.07 Å². The van der Waals surface area contributed by atoms with Crippen LogP contribution in [0.4, 0.5) is 5.82 Å². The normalized spacial score (nSPS) is 11.3. The van der Waals surface area contributed by atoms with Crippen LogP contribution in [-0.4, -0.2) is 34.9 Å². The largest absolute Gasteiger partial charge is 0.368 e. The van der Waals surface area contributed by atoms with Gasteiger partial charge in [-0.2, -0.15) is 0 Å². The lowest BCUT2D eigenvalue weighted by Gasteiger charge is -2.26. The van der Waals surface area contributed by atoms with Crippen LogP contribution in [0.5, 0.6) is 0 Å². The van der Waals surface area contributed by atoms with Crippen molar-refractivity contribution >= 4 is 11.7 Å². The first kappa shape index (κ1) is 17.5. The van der Waals surface area contributed by atoms with E-state index in [0.717, 1.165) is 18.9 Å². The van der Waals surface area contributed by atoms with Crippen molar-refractivity contribution in [1.82, 2.24) is 9.88 Å². The first-order valence-corrected chi connectivity index (χ1v) is 7.82. The van der Waals surface area contributed by atoms with Gasteiger partial charge < -0.3 is 10.2 Å². The third kappa shape index (κ3) is 6.15. The Hall–Kier alpha value is -1.58. The van der Waals surface area contributed by atoms with E-state index in [9.17, 15) is 4.79 Å². The van der Waals surface area contributed by atoms with Crippen molar-refractivity contribution in [1.29, 1.82) is 0 Å². The van der Waals surface area contributed by atoms with Gasteiger partial charge in [0.2, 0.25) is 0 Å². The molecular weight excluding hydrogens is 262 g/mol. The summed E-state index contributed by atoms with van der Waals surface area (Å²) >= 11 is 0. The molecule has 0 aromatic carbocycles. The first-order chi connectivity index (χ1) is 9.79. The topological polar surface area (TPSA) is 45.2 Å². The molecule has 118 valence electrons. The van der Waals surface area contributed by atoms with Crippen LogP contribution in [0.1, 0.15) is 52.0 Å². The molecule has 1 amide bonds. The molecule has 0 spiro atoms. The summed E-state index contributed by atoms with van der Waals surface area (Å²) in [5.74, 6) is 1.67. The number of rotatable bonds is 7. The van der Waals surface area contributed by atoms with Crippen LogP contribution in [0, 0.1) is 11.8 Å². The van der Waals surface area contributed by atoms with Gasteiger partial charge in [0.1, 0.15) is 11.5 Å². The van der Waals surface area contributed by atoms with Crippen molar-refractivity contribution in [3.05, 3.63) is 23.9 Å². The average Bonchev–Trinajstić information content (AvgIpc) is 2.35. The Kier molecular flexibility index (Phi) is 6.66. The molecule has 4 nitrogen and oxygen atoms in total. The Balaban J connectivity index is 2.91. The quantitative estimate of drug-likeness (QED) is 0.834. The van der Waals surface area contributed by atoms with Gasteiger partial charge in [-0.3, -0.25) is 4.79 Å². The highest BCUT2D eigenvalue weighted by Crippen LogP contribution is 2.12. The molecule has 21 heavy (non-hydrogen) atoms. The van der Waals surface area contributed by atoms with E-state index >= 15 is 0 Å². The molecule has 1 heterocycles. The van der Waals surface area contributed by atoms with Crippen molar-refractivity contribution in [2.24, 2.45) is 11.8 Å².